The number of aromatic nitrogens is 1. The molecule has 12 heavy (non-hydrogen) atoms. The van der Waals surface area contributed by atoms with Crippen LogP contribution in [-0.2, 0) is 0 Å². The summed E-state index contributed by atoms with van der Waals surface area (Å²) in [4.78, 5) is 4.22. The molecule has 2 nitrogen and oxygen atoms in total. The summed E-state index contributed by atoms with van der Waals surface area (Å²) in [5, 5.41) is 0. The molecule has 1 aromatic heterocycles. The molecule has 0 aliphatic carbocycles. The van der Waals surface area contributed by atoms with Crippen molar-refractivity contribution in [1.82, 2.24) is 4.98 Å². The maximum absolute atomic E-state index is 5.90. The van der Waals surface area contributed by atoms with Crippen LogP contribution in [0.4, 0.5) is 0 Å². The number of halogens is 1. The van der Waals surface area contributed by atoms with Crippen LogP contribution in [0.2, 0.25) is 0 Å². The van der Waals surface area contributed by atoms with E-state index in [1.54, 1.807) is 6.20 Å². The van der Waals surface area contributed by atoms with Crippen LogP contribution >= 0.6 is 15.9 Å². The molecular formula is C9H13BrN2. The normalized spacial score (nSPS) is 13.0. The zero-order valence-electron chi connectivity index (χ0n) is 7.34. The van der Waals surface area contributed by atoms with E-state index in [4.69, 9.17) is 5.73 Å². The Morgan fingerprint density at radius 1 is 1.67 bits per heavy atom. The Morgan fingerprint density at radius 2 is 2.33 bits per heavy atom. The first-order valence-corrected chi connectivity index (χ1v) is 4.82. The van der Waals surface area contributed by atoms with Gasteiger partial charge in [-0.1, -0.05) is 6.92 Å². The third-order valence-electron chi connectivity index (χ3n) is 1.93. The highest BCUT2D eigenvalue weighted by Gasteiger charge is 2.07. The maximum atomic E-state index is 5.90. The van der Waals surface area contributed by atoms with Crippen molar-refractivity contribution >= 4 is 15.9 Å². The molecule has 1 rings (SSSR count). The quantitative estimate of drug-likeness (QED) is 0.846. The van der Waals surface area contributed by atoms with Gasteiger partial charge in [-0.15, -0.1) is 0 Å². The highest BCUT2D eigenvalue weighted by atomic mass is 79.9. The van der Waals surface area contributed by atoms with Gasteiger partial charge in [0.15, 0.2) is 0 Å². The fraction of sp³-hybridized carbons (Fsp3) is 0.444. The van der Waals surface area contributed by atoms with Gasteiger partial charge in [0.2, 0.25) is 0 Å². The smallest absolute Gasteiger partial charge is 0.0421 e. The van der Waals surface area contributed by atoms with Gasteiger partial charge < -0.3 is 5.73 Å². The molecule has 0 radical (unpaired) electrons. The summed E-state index contributed by atoms with van der Waals surface area (Å²) >= 11 is 3.38. The molecule has 0 saturated heterocycles. The molecule has 0 fully saturated rings. The van der Waals surface area contributed by atoms with Crippen LogP contribution in [-0.4, -0.2) is 4.98 Å². The first-order valence-electron chi connectivity index (χ1n) is 4.02. The second-order valence-electron chi connectivity index (χ2n) is 2.84. The first-order chi connectivity index (χ1) is 5.65. The highest BCUT2D eigenvalue weighted by molar-refractivity contribution is 9.10. The van der Waals surface area contributed by atoms with E-state index in [-0.39, 0.29) is 6.04 Å². The number of rotatable bonds is 2. The molecule has 1 aromatic rings. The van der Waals surface area contributed by atoms with E-state index in [1.165, 1.54) is 0 Å². The van der Waals surface area contributed by atoms with E-state index in [9.17, 15) is 0 Å². The minimum absolute atomic E-state index is 0.106. The Balaban J connectivity index is 3.04. The van der Waals surface area contributed by atoms with Crippen LogP contribution in [0.15, 0.2) is 16.7 Å². The first kappa shape index (κ1) is 9.68. The molecule has 66 valence electrons. The molecule has 0 amide bonds. The van der Waals surface area contributed by atoms with Crippen LogP contribution in [0, 0.1) is 6.92 Å². The Morgan fingerprint density at radius 3 is 2.92 bits per heavy atom. The van der Waals surface area contributed by atoms with Crippen molar-refractivity contribution in [3.63, 3.8) is 0 Å². The molecule has 0 spiro atoms. The lowest BCUT2D eigenvalue weighted by atomic mass is 10.0. The molecular weight excluding hydrogens is 216 g/mol. The summed E-state index contributed by atoms with van der Waals surface area (Å²) < 4.78 is 0.993. The fourth-order valence-corrected chi connectivity index (χ4v) is 1.47. The summed E-state index contributed by atoms with van der Waals surface area (Å²) in [6, 6.07) is 2.14. The van der Waals surface area contributed by atoms with Crippen molar-refractivity contribution in [1.29, 1.82) is 0 Å². The van der Waals surface area contributed by atoms with Crippen LogP contribution < -0.4 is 5.73 Å². The van der Waals surface area contributed by atoms with E-state index >= 15 is 0 Å². The third kappa shape index (κ3) is 2.05. The van der Waals surface area contributed by atoms with Crippen LogP contribution in [0.3, 0.4) is 0 Å². The molecule has 0 bridgehead atoms. The van der Waals surface area contributed by atoms with E-state index in [0.717, 1.165) is 22.2 Å². The number of nitrogens with two attached hydrogens (primary N) is 1. The standard InChI is InChI=1S/C9H13BrN2/c1-3-9(11)8-4-7(10)5-12-6(8)2/h4-5,9H,3,11H2,1-2H3. The zero-order valence-corrected chi connectivity index (χ0v) is 8.93. The van der Waals surface area contributed by atoms with Gasteiger partial charge in [0.1, 0.15) is 0 Å². The van der Waals surface area contributed by atoms with Crippen molar-refractivity contribution < 1.29 is 0 Å². The topological polar surface area (TPSA) is 38.9 Å². The van der Waals surface area contributed by atoms with Gasteiger partial charge in [0, 0.05) is 22.4 Å². The van der Waals surface area contributed by atoms with Crippen molar-refractivity contribution in [2.24, 2.45) is 5.73 Å². The Labute approximate surface area is 81.3 Å². The molecule has 0 saturated carbocycles. The monoisotopic (exact) mass is 228 g/mol. The van der Waals surface area contributed by atoms with Crippen LogP contribution in [0.5, 0.6) is 0 Å². The summed E-state index contributed by atoms with van der Waals surface area (Å²) in [7, 11) is 0. The van der Waals surface area contributed by atoms with Gasteiger partial charge in [0.25, 0.3) is 0 Å². The predicted molar refractivity (Wildman–Crippen MR) is 53.9 cm³/mol. The van der Waals surface area contributed by atoms with Gasteiger partial charge in [-0.2, -0.15) is 0 Å². The SMILES string of the molecule is CCC(N)c1cc(Br)cnc1C. The zero-order chi connectivity index (χ0) is 9.14. The molecule has 0 aliphatic rings. The summed E-state index contributed by atoms with van der Waals surface area (Å²) in [5.74, 6) is 0. The van der Waals surface area contributed by atoms with Gasteiger partial charge in [-0.3, -0.25) is 4.98 Å². The average molecular weight is 229 g/mol. The number of hydrogen-bond donors (Lipinski definition) is 1. The molecule has 1 unspecified atom stereocenters. The average Bonchev–Trinajstić information content (AvgIpc) is 2.08. The van der Waals surface area contributed by atoms with Crippen molar-refractivity contribution in [3.8, 4) is 0 Å². The largest absolute Gasteiger partial charge is 0.324 e. The summed E-state index contributed by atoms with van der Waals surface area (Å²) in [6.45, 7) is 4.06. The molecule has 0 aromatic carbocycles. The van der Waals surface area contributed by atoms with E-state index in [1.807, 2.05) is 13.0 Å². The molecule has 3 heteroatoms. The highest BCUT2D eigenvalue weighted by Crippen LogP contribution is 2.20. The Bertz CT molecular complexity index is 273. The lowest BCUT2D eigenvalue weighted by Crippen LogP contribution is -2.10. The maximum Gasteiger partial charge on any atom is 0.0421 e. The Hall–Kier alpha value is -0.410. The molecule has 1 atom stereocenters. The summed E-state index contributed by atoms with van der Waals surface area (Å²) in [5.41, 5.74) is 8.06. The van der Waals surface area contributed by atoms with E-state index in [0.29, 0.717) is 0 Å². The molecule has 2 N–H and O–H groups in total. The lowest BCUT2D eigenvalue weighted by Gasteiger charge is -2.11. The van der Waals surface area contributed by atoms with Crippen LogP contribution in [0.25, 0.3) is 0 Å². The lowest BCUT2D eigenvalue weighted by molar-refractivity contribution is 0.688. The van der Waals surface area contributed by atoms with Crippen molar-refractivity contribution in [2.45, 2.75) is 26.3 Å². The number of pyridine rings is 1. The van der Waals surface area contributed by atoms with Gasteiger partial charge in [-0.05, 0) is 40.9 Å². The molecule has 0 aliphatic heterocycles. The minimum atomic E-state index is 0.106. The number of nitrogens with zero attached hydrogens (tertiary/aromatic N) is 1. The van der Waals surface area contributed by atoms with Crippen LogP contribution in [0.1, 0.15) is 30.6 Å². The predicted octanol–water partition coefficient (Wildman–Crippen LogP) is 2.56. The second kappa shape index (κ2) is 4.01. The van der Waals surface area contributed by atoms with Crippen molar-refractivity contribution in [2.75, 3.05) is 0 Å². The van der Waals surface area contributed by atoms with E-state index in [2.05, 4.69) is 27.8 Å². The second-order valence-corrected chi connectivity index (χ2v) is 3.76. The number of aryl methyl sites for hydroxylation is 1. The van der Waals surface area contributed by atoms with Crippen molar-refractivity contribution in [3.05, 3.63) is 28.0 Å². The minimum Gasteiger partial charge on any atom is -0.324 e. The third-order valence-corrected chi connectivity index (χ3v) is 2.37. The fourth-order valence-electron chi connectivity index (χ4n) is 1.12. The number of hydrogen-bond acceptors (Lipinski definition) is 2. The van der Waals surface area contributed by atoms with E-state index < -0.39 is 0 Å². The van der Waals surface area contributed by atoms with Gasteiger partial charge >= 0.3 is 0 Å². The van der Waals surface area contributed by atoms with Gasteiger partial charge in [-0.25, -0.2) is 0 Å². The summed E-state index contributed by atoms with van der Waals surface area (Å²) in [6.07, 6.45) is 2.74. The Kier molecular flexibility index (Phi) is 3.23. The molecule has 1 heterocycles. The van der Waals surface area contributed by atoms with Gasteiger partial charge in [0.05, 0.1) is 0 Å².